The molecule has 1 saturated heterocycles. The molecule has 2 rings (SSSR count). The molecule has 0 amide bonds. The first kappa shape index (κ1) is 10.4. The molecule has 0 spiro atoms. The molecular weight excluding hydrogens is 176 g/mol. The zero-order valence-corrected chi connectivity index (χ0v) is 9.29. The lowest BCUT2D eigenvalue weighted by molar-refractivity contribution is 0.0179. The van der Waals surface area contributed by atoms with Crippen LogP contribution in [0.2, 0.25) is 0 Å². The van der Waals surface area contributed by atoms with Crippen molar-refractivity contribution in [1.29, 1.82) is 0 Å². The highest BCUT2D eigenvalue weighted by molar-refractivity contribution is 5.01. The fourth-order valence-electron chi connectivity index (χ4n) is 2.76. The molecule has 1 saturated carbocycles. The van der Waals surface area contributed by atoms with Gasteiger partial charge in [-0.05, 0) is 33.1 Å². The number of piperazine rings is 1. The van der Waals surface area contributed by atoms with E-state index in [0.29, 0.717) is 12.6 Å². The minimum atomic E-state index is 0.263. The summed E-state index contributed by atoms with van der Waals surface area (Å²) < 4.78 is 0. The summed E-state index contributed by atoms with van der Waals surface area (Å²) in [6.07, 6.45) is 3.61. The van der Waals surface area contributed by atoms with E-state index in [9.17, 15) is 0 Å². The normalized spacial score (nSPS) is 33.2. The Hall–Kier alpha value is -0.120. The lowest BCUT2D eigenvalue weighted by Gasteiger charge is -2.48. The molecule has 0 aromatic carbocycles. The van der Waals surface area contributed by atoms with Crippen LogP contribution in [0.5, 0.6) is 0 Å². The second kappa shape index (κ2) is 3.80. The Balaban J connectivity index is 2.06. The standard InChI is InChI=1S/C11H22N2O/c1-11(2)8-12-7-10(5-6-14)13(11)9-3-4-9/h9-10,12,14H,3-8H2,1-2H3. The van der Waals surface area contributed by atoms with Gasteiger partial charge in [0.05, 0.1) is 0 Å². The van der Waals surface area contributed by atoms with Crippen LogP contribution in [-0.4, -0.2) is 47.3 Å². The third-order valence-electron chi connectivity index (χ3n) is 3.43. The van der Waals surface area contributed by atoms with E-state index in [0.717, 1.165) is 25.6 Å². The molecule has 2 fully saturated rings. The van der Waals surface area contributed by atoms with E-state index in [1.807, 2.05) is 0 Å². The molecular formula is C11H22N2O. The first-order chi connectivity index (χ1) is 6.65. The first-order valence-corrected chi connectivity index (χ1v) is 5.75. The number of nitrogens with zero attached hydrogens (tertiary/aromatic N) is 1. The highest BCUT2D eigenvalue weighted by Crippen LogP contribution is 2.36. The average molecular weight is 198 g/mol. The van der Waals surface area contributed by atoms with Crippen LogP contribution in [0.4, 0.5) is 0 Å². The Morgan fingerprint density at radius 1 is 1.43 bits per heavy atom. The summed E-state index contributed by atoms with van der Waals surface area (Å²) in [5, 5.41) is 12.5. The molecule has 3 heteroatoms. The van der Waals surface area contributed by atoms with Crippen molar-refractivity contribution in [2.24, 2.45) is 0 Å². The van der Waals surface area contributed by atoms with Crippen molar-refractivity contribution in [3.05, 3.63) is 0 Å². The summed E-state index contributed by atoms with van der Waals surface area (Å²) in [5.74, 6) is 0. The molecule has 0 aromatic rings. The van der Waals surface area contributed by atoms with Crippen molar-refractivity contribution in [2.45, 2.75) is 50.7 Å². The van der Waals surface area contributed by atoms with Crippen LogP contribution in [0.25, 0.3) is 0 Å². The minimum Gasteiger partial charge on any atom is -0.396 e. The van der Waals surface area contributed by atoms with Crippen molar-refractivity contribution in [3.8, 4) is 0 Å². The zero-order chi connectivity index (χ0) is 10.2. The molecule has 2 aliphatic rings. The highest BCUT2D eigenvalue weighted by Gasteiger charge is 2.44. The van der Waals surface area contributed by atoms with Crippen LogP contribution in [-0.2, 0) is 0 Å². The van der Waals surface area contributed by atoms with Gasteiger partial charge in [-0.2, -0.15) is 0 Å². The summed E-state index contributed by atoms with van der Waals surface area (Å²) in [6, 6.07) is 1.33. The molecule has 3 nitrogen and oxygen atoms in total. The Kier molecular flexibility index (Phi) is 2.82. The number of rotatable bonds is 3. The lowest BCUT2D eigenvalue weighted by atomic mass is 9.94. The van der Waals surface area contributed by atoms with Crippen molar-refractivity contribution in [2.75, 3.05) is 19.7 Å². The second-order valence-corrected chi connectivity index (χ2v) is 5.25. The fraction of sp³-hybridized carbons (Fsp3) is 1.00. The maximum absolute atomic E-state index is 9.05. The van der Waals surface area contributed by atoms with E-state index in [2.05, 4.69) is 24.1 Å². The monoisotopic (exact) mass is 198 g/mol. The molecule has 0 bridgehead atoms. The van der Waals surface area contributed by atoms with E-state index in [4.69, 9.17) is 5.11 Å². The third kappa shape index (κ3) is 1.95. The van der Waals surface area contributed by atoms with E-state index >= 15 is 0 Å². The summed E-state index contributed by atoms with van der Waals surface area (Å²) in [6.45, 7) is 7.04. The number of aliphatic hydroxyl groups excluding tert-OH is 1. The SMILES string of the molecule is CC1(C)CNCC(CCO)N1C1CC1. The van der Waals surface area contributed by atoms with Crippen LogP contribution in [0, 0.1) is 0 Å². The number of nitrogens with one attached hydrogen (secondary N) is 1. The van der Waals surface area contributed by atoms with Crippen molar-refractivity contribution >= 4 is 0 Å². The lowest BCUT2D eigenvalue weighted by Crippen LogP contribution is -2.63. The maximum Gasteiger partial charge on any atom is 0.0446 e. The molecule has 1 atom stereocenters. The predicted molar refractivity (Wildman–Crippen MR) is 57.3 cm³/mol. The topological polar surface area (TPSA) is 35.5 Å². The second-order valence-electron chi connectivity index (χ2n) is 5.25. The van der Waals surface area contributed by atoms with Crippen LogP contribution in [0.15, 0.2) is 0 Å². The van der Waals surface area contributed by atoms with Gasteiger partial charge in [0.1, 0.15) is 0 Å². The van der Waals surface area contributed by atoms with Gasteiger partial charge in [-0.15, -0.1) is 0 Å². The fourth-order valence-corrected chi connectivity index (χ4v) is 2.76. The Bertz CT molecular complexity index is 199. The van der Waals surface area contributed by atoms with Gasteiger partial charge in [0.2, 0.25) is 0 Å². The Labute approximate surface area is 86.5 Å². The van der Waals surface area contributed by atoms with Gasteiger partial charge in [0.25, 0.3) is 0 Å². The minimum absolute atomic E-state index is 0.263. The smallest absolute Gasteiger partial charge is 0.0446 e. The first-order valence-electron chi connectivity index (χ1n) is 5.75. The van der Waals surface area contributed by atoms with Gasteiger partial charge >= 0.3 is 0 Å². The van der Waals surface area contributed by atoms with Gasteiger partial charge in [-0.1, -0.05) is 0 Å². The molecule has 1 aliphatic carbocycles. The molecule has 1 heterocycles. The van der Waals surface area contributed by atoms with Gasteiger partial charge in [0, 0.05) is 37.3 Å². The largest absolute Gasteiger partial charge is 0.396 e. The average Bonchev–Trinajstić information content (AvgIpc) is 2.87. The highest BCUT2D eigenvalue weighted by atomic mass is 16.3. The summed E-state index contributed by atoms with van der Waals surface area (Å²) in [5.41, 5.74) is 0.263. The van der Waals surface area contributed by atoms with Crippen molar-refractivity contribution in [3.63, 3.8) is 0 Å². The molecule has 82 valence electrons. The number of aliphatic hydroxyl groups is 1. The predicted octanol–water partition coefficient (Wildman–Crippen LogP) is 0.584. The molecule has 1 aliphatic heterocycles. The van der Waals surface area contributed by atoms with Gasteiger partial charge in [-0.25, -0.2) is 0 Å². The van der Waals surface area contributed by atoms with E-state index in [-0.39, 0.29) is 5.54 Å². The number of hydrogen-bond donors (Lipinski definition) is 2. The van der Waals surface area contributed by atoms with E-state index in [1.165, 1.54) is 12.8 Å². The van der Waals surface area contributed by atoms with Crippen LogP contribution >= 0.6 is 0 Å². The molecule has 0 aromatic heterocycles. The maximum atomic E-state index is 9.05. The summed E-state index contributed by atoms with van der Waals surface area (Å²) in [4.78, 5) is 2.64. The molecule has 1 unspecified atom stereocenters. The van der Waals surface area contributed by atoms with Crippen LogP contribution in [0.1, 0.15) is 33.1 Å². The van der Waals surface area contributed by atoms with Crippen molar-refractivity contribution < 1.29 is 5.11 Å². The van der Waals surface area contributed by atoms with Crippen molar-refractivity contribution in [1.82, 2.24) is 10.2 Å². The summed E-state index contributed by atoms with van der Waals surface area (Å²) >= 11 is 0. The van der Waals surface area contributed by atoms with Crippen LogP contribution < -0.4 is 5.32 Å². The van der Waals surface area contributed by atoms with Gasteiger partial charge in [0.15, 0.2) is 0 Å². The molecule has 14 heavy (non-hydrogen) atoms. The van der Waals surface area contributed by atoms with Gasteiger partial charge < -0.3 is 10.4 Å². The zero-order valence-electron chi connectivity index (χ0n) is 9.29. The van der Waals surface area contributed by atoms with Crippen LogP contribution in [0.3, 0.4) is 0 Å². The third-order valence-corrected chi connectivity index (χ3v) is 3.43. The van der Waals surface area contributed by atoms with E-state index < -0.39 is 0 Å². The Morgan fingerprint density at radius 2 is 2.14 bits per heavy atom. The van der Waals surface area contributed by atoms with Gasteiger partial charge in [-0.3, -0.25) is 4.90 Å². The Morgan fingerprint density at radius 3 is 2.71 bits per heavy atom. The summed E-state index contributed by atoms with van der Waals surface area (Å²) in [7, 11) is 0. The molecule has 2 N–H and O–H groups in total. The van der Waals surface area contributed by atoms with E-state index in [1.54, 1.807) is 0 Å². The quantitative estimate of drug-likeness (QED) is 0.696. The molecule has 0 radical (unpaired) electrons. The number of hydrogen-bond acceptors (Lipinski definition) is 3.